The van der Waals surface area contributed by atoms with Gasteiger partial charge < -0.3 is 10.1 Å². The van der Waals surface area contributed by atoms with Gasteiger partial charge in [-0.05, 0) is 6.92 Å². The van der Waals surface area contributed by atoms with Gasteiger partial charge in [-0.1, -0.05) is 17.4 Å². The SMILES string of the molecule is C=C(C)COCCNCc1cn(C)nn1. The molecule has 0 fully saturated rings. The van der Waals surface area contributed by atoms with Gasteiger partial charge in [-0.2, -0.15) is 0 Å². The second kappa shape index (κ2) is 6.31. The molecule has 0 aromatic carbocycles. The van der Waals surface area contributed by atoms with Crippen LogP contribution in [0.5, 0.6) is 0 Å². The summed E-state index contributed by atoms with van der Waals surface area (Å²) in [6.07, 6.45) is 1.89. The lowest BCUT2D eigenvalue weighted by atomic mass is 10.4. The van der Waals surface area contributed by atoms with Crippen LogP contribution >= 0.6 is 0 Å². The molecule has 1 aromatic rings. The second-order valence-electron chi connectivity index (χ2n) is 3.57. The zero-order chi connectivity index (χ0) is 11.1. The van der Waals surface area contributed by atoms with Gasteiger partial charge in [0.05, 0.1) is 18.9 Å². The molecular weight excluding hydrogens is 192 g/mol. The minimum Gasteiger partial charge on any atom is -0.376 e. The van der Waals surface area contributed by atoms with E-state index in [0.29, 0.717) is 13.2 Å². The van der Waals surface area contributed by atoms with Gasteiger partial charge in [0.25, 0.3) is 0 Å². The molecule has 0 bridgehead atoms. The van der Waals surface area contributed by atoms with Gasteiger partial charge in [0.1, 0.15) is 0 Å². The largest absolute Gasteiger partial charge is 0.376 e. The predicted octanol–water partition coefficient (Wildman–Crippen LogP) is 0.497. The predicted molar refractivity (Wildman–Crippen MR) is 58.3 cm³/mol. The van der Waals surface area contributed by atoms with E-state index in [1.165, 1.54) is 0 Å². The third kappa shape index (κ3) is 5.29. The molecule has 0 atom stereocenters. The molecule has 1 heterocycles. The minimum atomic E-state index is 0.632. The van der Waals surface area contributed by atoms with E-state index in [1.807, 2.05) is 20.2 Å². The Morgan fingerprint density at radius 1 is 1.67 bits per heavy atom. The Hall–Kier alpha value is -1.20. The van der Waals surface area contributed by atoms with E-state index in [4.69, 9.17) is 4.74 Å². The first-order valence-corrected chi connectivity index (χ1v) is 4.96. The average Bonchev–Trinajstić information content (AvgIpc) is 2.57. The Balaban J connectivity index is 2.00. The maximum atomic E-state index is 5.33. The lowest BCUT2D eigenvalue weighted by molar-refractivity contribution is 0.157. The van der Waals surface area contributed by atoms with Gasteiger partial charge in [-0.15, -0.1) is 5.10 Å². The van der Waals surface area contributed by atoms with Gasteiger partial charge in [-0.25, -0.2) is 0 Å². The lowest BCUT2D eigenvalue weighted by Crippen LogP contribution is -2.19. The van der Waals surface area contributed by atoms with Crippen LogP contribution in [0.4, 0.5) is 0 Å². The Morgan fingerprint density at radius 2 is 2.47 bits per heavy atom. The molecule has 5 nitrogen and oxygen atoms in total. The maximum Gasteiger partial charge on any atom is 0.0964 e. The van der Waals surface area contributed by atoms with Crippen molar-refractivity contribution in [3.05, 3.63) is 24.0 Å². The van der Waals surface area contributed by atoms with E-state index in [-0.39, 0.29) is 0 Å². The van der Waals surface area contributed by atoms with Crippen LogP contribution in [0, 0.1) is 0 Å². The first kappa shape index (κ1) is 11.9. The average molecular weight is 210 g/mol. The summed E-state index contributed by atoms with van der Waals surface area (Å²) < 4.78 is 7.02. The molecular formula is C10H18N4O. The number of aromatic nitrogens is 3. The van der Waals surface area contributed by atoms with Crippen LogP contribution in [0.15, 0.2) is 18.3 Å². The highest BCUT2D eigenvalue weighted by Crippen LogP contribution is 1.90. The number of hydrogen-bond donors (Lipinski definition) is 1. The highest BCUT2D eigenvalue weighted by Gasteiger charge is 1.96. The van der Waals surface area contributed by atoms with E-state index in [9.17, 15) is 0 Å². The molecule has 0 aliphatic carbocycles. The van der Waals surface area contributed by atoms with E-state index in [2.05, 4.69) is 22.2 Å². The first-order chi connectivity index (χ1) is 7.18. The van der Waals surface area contributed by atoms with Gasteiger partial charge in [-0.3, -0.25) is 4.68 Å². The summed E-state index contributed by atoms with van der Waals surface area (Å²) >= 11 is 0. The third-order valence-corrected chi connectivity index (χ3v) is 1.73. The van der Waals surface area contributed by atoms with Crippen LogP contribution in [0.1, 0.15) is 12.6 Å². The standard InChI is InChI=1S/C10H18N4O/c1-9(2)8-15-5-4-11-6-10-7-14(3)13-12-10/h7,11H,1,4-6,8H2,2-3H3. The summed E-state index contributed by atoms with van der Waals surface area (Å²) in [5.74, 6) is 0. The van der Waals surface area contributed by atoms with Crippen LogP contribution < -0.4 is 5.32 Å². The fourth-order valence-corrected chi connectivity index (χ4v) is 1.08. The number of nitrogens with zero attached hydrogens (tertiary/aromatic N) is 3. The molecule has 0 radical (unpaired) electrons. The maximum absolute atomic E-state index is 5.33. The summed E-state index contributed by atoms with van der Waals surface area (Å²) in [5, 5.41) is 11.0. The molecule has 0 aliphatic heterocycles. The Morgan fingerprint density at radius 3 is 3.07 bits per heavy atom. The van der Waals surface area contributed by atoms with Gasteiger partial charge in [0.2, 0.25) is 0 Å². The van der Waals surface area contributed by atoms with Crippen molar-refractivity contribution >= 4 is 0 Å². The fraction of sp³-hybridized carbons (Fsp3) is 0.600. The van der Waals surface area contributed by atoms with Crippen molar-refractivity contribution in [3.8, 4) is 0 Å². The summed E-state index contributed by atoms with van der Waals surface area (Å²) in [5.41, 5.74) is 1.99. The smallest absolute Gasteiger partial charge is 0.0964 e. The molecule has 0 spiro atoms. The number of nitrogens with one attached hydrogen (secondary N) is 1. The van der Waals surface area contributed by atoms with E-state index in [1.54, 1.807) is 4.68 Å². The van der Waals surface area contributed by atoms with Crippen LogP contribution in [0.25, 0.3) is 0 Å². The number of rotatable bonds is 7. The topological polar surface area (TPSA) is 52.0 Å². The highest BCUT2D eigenvalue weighted by atomic mass is 16.5. The Labute approximate surface area is 90.1 Å². The van der Waals surface area contributed by atoms with Gasteiger partial charge in [0, 0.05) is 26.3 Å². The van der Waals surface area contributed by atoms with E-state index in [0.717, 1.165) is 24.4 Å². The summed E-state index contributed by atoms with van der Waals surface area (Å²) in [6.45, 7) is 8.56. The van der Waals surface area contributed by atoms with Crippen molar-refractivity contribution in [2.75, 3.05) is 19.8 Å². The first-order valence-electron chi connectivity index (χ1n) is 4.96. The van der Waals surface area contributed by atoms with E-state index >= 15 is 0 Å². The molecule has 1 aromatic heterocycles. The van der Waals surface area contributed by atoms with Gasteiger partial charge >= 0.3 is 0 Å². The third-order valence-electron chi connectivity index (χ3n) is 1.73. The lowest BCUT2D eigenvalue weighted by Gasteiger charge is -2.04. The fourth-order valence-electron chi connectivity index (χ4n) is 1.08. The molecule has 1 rings (SSSR count). The van der Waals surface area contributed by atoms with Crippen LogP contribution in [0.3, 0.4) is 0 Å². The zero-order valence-corrected chi connectivity index (χ0v) is 9.36. The van der Waals surface area contributed by atoms with Crippen molar-refractivity contribution in [1.82, 2.24) is 20.3 Å². The summed E-state index contributed by atoms with van der Waals surface area (Å²) in [7, 11) is 1.85. The highest BCUT2D eigenvalue weighted by molar-refractivity contribution is 4.90. The second-order valence-corrected chi connectivity index (χ2v) is 3.57. The zero-order valence-electron chi connectivity index (χ0n) is 9.36. The van der Waals surface area contributed by atoms with Crippen molar-refractivity contribution in [1.29, 1.82) is 0 Å². The molecule has 0 aliphatic rings. The Kier molecular flexibility index (Phi) is 5.00. The van der Waals surface area contributed by atoms with Crippen LogP contribution in [0.2, 0.25) is 0 Å². The number of aryl methyl sites for hydroxylation is 1. The number of hydrogen-bond acceptors (Lipinski definition) is 4. The molecule has 0 saturated carbocycles. The molecule has 15 heavy (non-hydrogen) atoms. The van der Waals surface area contributed by atoms with Crippen LogP contribution in [-0.2, 0) is 18.3 Å². The summed E-state index contributed by atoms with van der Waals surface area (Å²) in [6, 6.07) is 0. The van der Waals surface area contributed by atoms with Gasteiger partial charge in [0.15, 0.2) is 0 Å². The molecule has 0 unspecified atom stereocenters. The van der Waals surface area contributed by atoms with Crippen molar-refractivity contribution in [2.45, 2.75) is 13.5 Å². The quantitative estimate of drug-likeness (QED) is 0.526. The summed E-state index contributed by atoms with van der Waals surface area (Å²) in [4.78, 5) is 0. The van der Waals surface area contributed by atoms with E-state index < -0.39 is 0 Å². The number of ether oxygens (including phenoxy) is 1. The van der Waals surface area contributed by atoms with Crippen molar-refractivity contribution < 1.29 is 4.74 Å². The monoisotopic (exact) mass is 210 g/mol. The molecule has 5 heteroatoms. The van der Waals surface area contributed by atoms with Crippen molar-refractivity contribution in [3.63, 3.8) is 0 Å². The van der Waals surface area contributed by atoms with Crippen LogP contribution in [-0.4, -0.2) is 34.8 Å². The van der Waals surface area contributed by atoms with Crippen molar-refractivity contribution in [2.24, 2.45) is 7.05 Å². The Bertz CT molecular complexity index is 308. The minimum absolute atomic E-state index is 0.632. The molecule has 84 valence electrons. The normalized spacial score (nSPS) is 10.5. The molecule has 0 amide bonds. The molecule has 0 saturated heterocycles. The molecule has 1 N–H and O–H groups in total.